The molecular formula is C13H11BrFNOS. The van der Waals surface area contributed by atoms with Gasteiger partial charge in [-0.1, -0.05) is 12.1 Å². The van der Waals surface area contributed by atoms with E-state index >= 15 is 0 Å². The molecule has 0 amide bonds. The first kappa shape index (κ1) is 13.4. The van der Waals surface area contributed by atoms with E-state index in [0.717, 1.165) is 15.6 Å². The maximum Gasteiger partial charge on any atom is 0.170 e. The molecule has 0 saturated carbocycles. The summed E-state index contributed by atoms with van der Waals surface area (Å²) in [7, 11) is 0. The van der Waals surface area contributed by atoms with E-state index in [0.29, 0.717) is 5.56 Å². The molecule has 2 aromatic rings. The molecule has 0 saturated heterocycles. The Kier molecular flexibility index (Phi) is 3.92. The average Bonchev–Trinajstić information content (AvgIpc) is 2.61. The van der Waals surface area contributed by atoms with Gasteiger partial charge in [-0.25, -0.2) is 9.37 Å². The molecule has 0 spiro atoms. The minimum atomic E-state index is -0.424. The summed E-state index contributed by atoms with van der Waals surface area (Å²) in [4.78, 5) is 17.5. The number of benzene rings is 1. The van der Waals surface area contributed by atoms with Crippen LogP contribution < -0.4 is 0 Å². The number of rotatable bonds is 3. The second-order valence-corrected chi connectivity index (χ2v) is 6.03. The predicted molar refractivity (Wildman–Crippen MR) is 73.7 cm³/mol. The van der Waals surface area contributed by atoms with Crippen molar-refractivity contribution >= 4 is 33.0 Å². The fraction of sp³-hybridized carbons (Fsp3) is 0.231. The molecule has 1 heterocycles. The van der Waals surface area contributed by atoms with E-state index in [9.17, 15) is 9.18 Å². The molecule has 2 nitrogen and oxygen atoms in total. The summed E-state index contributed by atoms with van der Waals surface area (Å²) in [6.07, 6.45) is 0.210. The number of ketones is 1. The van der Waals surface area contributed by atoms with Gasteiger partial charge in [0.15, 0.2) is 5.78 Å². The highest BCUT2D eigenvalue weighted by Crippen LogP contribution is 2.23. The maximum absolute atomic E-state index is 13.3. The topological polar surface area (TPSA) is 30.0 Å². The van der Waals surface area contributed by atoms with Gasteiger partial charge in [-0.2, -0.15) is 0 Å². The number of hydrogen-bond acceptors (Lipinski definition) is 3. The Morgan fingerprint density at radius 2 is 2.17 bits per heavy atom. The summed E-state index contributed by atoms with van der Waals surface area (Å²) in [5, 5.41) is 0.770. The normalized spacial score (nSPS) is 10.7. The fourth-order valence-electron chi connectivity index (χ4n) is 1.57. The van der Waals surface area contributed by atoms with E-state index in [1.807, 2.05) is 13.8 Å². The molecule has 0 aliphatic carbocycles. The Labute approximate surface area is 117 Å². The zero-order valence-electron chi connectivity index (χ0n) is 9.96. The van der Waals surface area contributed by atoms with Crippen molar-refractivity contribution in [2.24, 2.45) is 0 Å². The zero-order chi connectivity index (χ0) is 13.3. The second-order valence-electron chi connectivity index (χ2n) is 3.95. The quantitative estimate of drug-likeness (QED) is 0.795. The molecule has 1 aromatic carbocycles. The van der Waals surface area contributed by atoms with Crippen LogP contribution in [-0.4, -0.2) is 10.8 Å². The summed E-state index contributed by atoms with van der Waals surface area (Å²) in [5.74, 6) is -0.553. The average molecular weight is 328 g/mol. The molecule has 0 aliphatic rings. The van der Waals surface area contributed by atoms with E-state index in [4.69, 9.17) is 0 Å². The first-order valence-corrected chi connectivity index (χ1v) is 7.00. The molecule has 5 heteroatoms. The summed E-state index contributed by atoms with van der Waals surface area (Å²) >= 11 is 4.61. The third-order valence-corrected chi connectivity index (χ3v) is 4.52. The molecule has 0 bridgehead atoms. The van der Waals surface area contributed by atoms with Crippen molar-refractivity contribution < 1.29 is 9.18 Å². The summed E-state index contributed by atoms with van der Waals surface area (Å²) in [6, 6.07) is 4.47. The van der Waals surface area contributed by atoms with Crippen LogP contribution in [-0.2, 0) is 6.42 Å². The Bertz CT molecular complexity index is 590. The molecule has 1 aromatic heterocycles. The summed E-state index contributed by atoms with van der Waals surface area (Å²) in [5.41, 5.74) is 1.31. The maximum atomic E-state index is 13.3. The standard InChI is InChI=1S/C13H11BrFNOS/c1-7-8(2)18-12(16-7)6-11(17)9-4-3-5-10(15)13(9)14/h3-5H,6H2,1-2H3. The number of carbonyl (C=O) groups excluding carboxylic acids is 1. The van der Waals surface area contributed by atoms with Crippen LogP contribution in [0.25, 0.3) is 0 Å². The van der Waals surface area contributed by atoms with Crippen molar-refractivity contribution in [1.29, 1.82) is 0 Å². The van der Waals surface area contributed by atoms with Gasteiger partial charge in [0.1, 0.15) is 10.8 Å². The third kappa shape index (κ3) is 2.67. The molecule has 0 aliphatic heterocycles. The molecular weight excluding hydrogens is 317 g/mol. The Hall–Kier alpha value is -1.07. The first-order chi connectivity index (χ1) is 8.49. The fourth-order valence-corrected chi connectivity index (χ4v) is 2.98. The number of nitrogens with zero attached hydrogens (tertiary/aromatic N) is 1. The predicted octanol–water partition coefficient (Wildman–Crippen LogP) is 4.09. The molecule has 94 valence electrons. The van der Waals surface area contributed by atoms with Crippen molar-refractivity contribution in [3.8, 4) is 0 Å². The monoisotopic (exact) mass is 327 g/mol. The first-order valence-electron chi connectivity index (χ1n) is 5.39. The van der Waals surface area contributed by atoms with Crippen LogP contribution in [0.4, 0.5) is 4.39 Å². The van der Waals surface area contributed by atoms with Crippen molar-refractivity contribution in [3.05, 3.63) is 49.6 Å². The Balaban J connectivity index is 2.24. The Morgan fingerprint density at radius 1 is 1.44 bits per heavy atom. The summed E-state index contributed by atoms with van der Waals surface area (Å²) in [6.45, 7) is 3.89. The van der Waals surface area contributed by atoms with E-state index in [1.165, 1.54) is 23.5 Å². The molecule has 2 rings (SSSR count). The number of carbonyl (C=O) groups is 1. The van der Waals surface area contributed by atoms with Gasteiger partial charge in [0, 0.05) is 10.4 Å². The lowest BCUT2D eigenvalue weighted by atomic mass is 10.1. The van der Waals surface area contributed by atoms with Crippen LogP contribution in [0.1, 0.15) is 25.9 Å². The SMILES string of the molecule is Cc1nc(CC(=O)c2cccc(F)c2Br)sc1C. The van der Waals surface area contributed by atoms with Gasteiger partial charge in [-0.3, -0.25) is 4.79 Å². The highest BCUT2D eigenvalue weighted by atomic mass is 79.9. The smallest absolute Gasteiger partial charge is 0.170 e. The highest BCUT2D eigenvalue weighted by molar-refractivity contribution is 9.10. The molecule has 18 heavy (non-hydrogen) atoms. The molecule has 0 fully saturated rings. The van der Waals surface area contributed by atoms with Crippen LogP contribution in [0.15, 0.2) is 22.7 Å². The van der Waals surface area contributed by atoms with Gasteiger partial charge in [0.2, 0.25) is 0 Å². The molecule has 0 atom stereocenters. The van der Waals surface area contributed by atoms with E-state index in [1.54, 1.807) is 6.07 Å². The van der Waals surface area contributed by atoms with Gasteiger partial charge in [-0.15, -0.1) is 11.3 Å². The van der Waals surface area contributed by atoms with Crippen LogP contribution in [0.3, 0.4) is 0 Å². The number of aromatic nitrogens is 1. The van der Waals surface area contributed by atoms with E-state index in [2.05, 4.69) is 20.9 Å². The lowest BCUT2D eigenvalue weighted by molar-refractivity contribution is 0.0991. The van der Waals surface area contributed by atoms with Gasteiger partial charge in [0.25, 0.3) is 0 Å². The van der Waals surface area contributed by atoms with E-state index in [-0.39, 0.29) is 16.7 Å². The third-order valence-electron chi connectivity index (χ3n) is 2.64. The minimum Gasteiger partial charge on any atom is -0.294 e. The van der Waals surface area contributed by atoms with Crippen LogP contribution in [0.5, 0.6) is 0 Å². The lowest BCUT2D eigenvalue weighted by Crippen LogP contribution is -2.05. The van der Waals surface area contributed by atoms with Gasteiger partial charge in [-0.05, 0) is 35.8 Å². The molecule has 0 unspecified atom stereocenters. The van der Waals surface area contributed by atoms with Crippen molar-refractivity contribution in [2.75, 3.05) is 0 Å². The number of hydrogen-bond donors (Lipinski definition) is 0. The second kappa shape index (κ2) is 5.28. The zero-order valence-corrected chi connectivity index (χ0v) is 12.4. The Morgan fingerprint density at radius 3 is 2.78 bits per heavy atom. The summed E-state index contributed by atoms with van der Waals surface area (Å²) < 4.78 is 13.6. The number of halogens is 2. The van der Waals surface area contributed by atoms with Crippen molar-refractivity contribution in [1.82, 2.24) is 4.98 Å². The van der Waals surface area contributed by atoms with Crippen molar-refractivity contribution in [2.45, 2.75) is 20.3 Å². The molecule has 0 radical (unpaired) electrons. The van der Waals surface area contributed by atoms with Crippen LogP contribution in [0, 0.1) is 19.7 Å². The van der Waals surface area contributed by atoms with Crippen LogP contribution >= 0.6 is 27.3 Å². The van der Waals surface area contributed by atoms with Gasteiger partial charge in [0.05, 0.1) is 16.6 Å². The minimum absolute atomic E-state index is 0.130. The van der Waals surface area contributed by atoms with Crippen LogP contribution in [0.2, 0.25) is 0 Å². The van der Waals surface area contributed by atoms with Gasteiger partial charge >= 0.3 is 0 Å². The van der Waals surface area contributed by atoms with Gasteiger partial charge < -0.3 is 0 Å². The molecule has 0 N–H and O–H groups in total. The number of Topliss-reactive ketones (excluding diaryl/α,β-unsaturated/α-hetero) is 1. The number of aryl methyl sites for hydroxylation is 2. The number of thiazole rings is 1. The van der Waals surface area contributed by atoms with Crippen molar-refractivity contribution in [3.63, 3.8) is 0 Å². The largest absolute Gasteiger partial charge is 0.294 e. The lowest BCUT2D eigenvalue weighted by Gasteiger charge is -2.02. The highest BCUT2D eigenvalue weighted by Gasteiger charge is 2.15. The van der Waals surface area contributed by atoms with E-state index < -0.39 is 5.82 Å².